The van der Waals surface area contributed by atoms with Crippen LogP contribution in [-0.4, -0.2) is 16.1 Å². The molecule has 0 atom stereocenters. The van der Waals surface area contributed by atoms with Crippen molar-refractivity contribution in [2.45, 2.75) is 6.54 Å². The molecule has 7 heteroatoms. The Hall–Kier alpha value is -3.09. The molecular weight excluding hydrogens is 272 g/mol. The third kappa shape index (κ3) is 2.48. The number of nitrogens with zero attached hydrogens (tertiary/aromatic N) is 1. The normalized spacial score (nSPS) is 10.7. The first-order valence-corrected chi connectivity index (χ1v) is 6.24. The lowest BCUT2D eigenvalue weighted by Gasteiger charge is -2.04. The molecule has 4 N–H and O–H groups in total. The minimum absolute atomic E-state index is 0.0456. The van der Waals surface area contributed by atoms with Crippen molar-refractivity contribution in [3.05, 3.63) is 58.1 Å². The van der Waals surface area contributed by atoms with Crippen molar-refractivity contribution in [1.82, 2.24) is 15.5 Å². The Morgan fingerprint density at radius 1 is 1.38 bits per heavy atom. The monoisotopic (exact) mass is 284 g/mol. The van der Waals surface area contributed by atoms with Crippen molar-refractivity contribution in [2.24, 2.45) is 0 Å². The molecule has 7 nitrogen and oxygen atoms in total. The molecule has 0 fully saturated rings. The van der Waals surface area contributed by atoms with Gasteiger partial charge in [0, 0.05) is 17.5 Å². The Labute approximate surface area is 118 Å². The van der Waals surface area contributed by atoms with Gasteiger partial charge in [-0.25, -0.2) is 4.79 Å². The number of anilines is 1. The van der Waals surface area contributed by atoms with Crippen LogP contribution < -0.4 is 16.7 Å². The molecule has 0 saturated heterocycles. The Kier molecular flexibility index (Phi) is 3.15. The number of nitrogens with one attached hydrogen (secondary N) is 2. The van der Waals surface area contributed by atoms with E-state index in [-0.39, 0.29) is 12.1 Å². The molecule has 0 radical (unpaired) electrons. The van der Waals surface area contributed by atoms with Gasteiger partial charge in [-0.05, 0) is 12.1 Å². The highest BCUT2D eigenvalue weighted by Crippen LogP contribution is 2.12. The zero-order valence-corrected chi connectivity index (χ0v) is 10.9. The van der Waals surface area contributed by atoms with E-state index in [9.17, 15) is 9.59 Å². The second-order valence-electron chi connectivity index (χ2n) is 4.48. The summed E-state index contributed by atoms with van der Waals surface area (Å²) in [7, 11) is 0. The van der Waals surface area contributed by atoms with Gasteiger partial charge in [0.25, 0.3) is 5.91 Å². The van der Waals surface area contributed by atoms with Crippen molar-refractivity contribution >= 4 is 22.7 Å². The number of carbonyl (C=O) groups excluding carboxylic acids is 1. The van der Waals surface area contributed by atoms with E-state index in [1.807, 2.05) is 0 Å². The Bertz CT molecular complexity index is 866. The Morgan fingerprint density at radius 3 is 2.95 bits per heavy atom. The van der Waals surface area contributed by atoms with Crippen LogP contribution in [0.4, 0.5) is 5.82 Å². The maximum Gasteiger partial charge on any atom is 0.349 e. The van der Waals surface area contributed by atoms with E-state index >= 15 is 0 Å². The molecule has 0 unspecified atom stereocenters. The summed E-state index contributed by atoms with van der Waals surface area (Å²) in [4.78, 5) is 23.9. The predicted octanol–water partition coefficient (Wildman–Crippen LogP) is 1.03. The number of aromatic nitrogens is 2. The highest BCUT2D eigenvalue weighted by atomic mass is 16.4. The third-order valence-corrected chi connectivity index (χ3v) is 3.08. The van der Waals surface area contributed by atoms with Gasteiger partial charge in [0.1, 0.15) is 17.0 Å². The molecule has 2 heterocycles. The molecule has 0 spiro atoms. The van der Waals surface area contributed by atoms with E-state index in [0.717, 1.165) is 0 Å². The van der Waals surface area contributed by atoms with Crippen molar-refractivity contribution in [2.75, 3.05) is 5.73 Å². The minimum Gasteiger partial charge on any atom is -0.422 e. The lowest BCUT2D eigenvalue weighted by molar-refractivity contribution is 0.0947. The summed E-state index contributed by atoms with van der Waals surface area (Å²) in [6, 6.07) is 8.51. The summed E-state index contributed by atoms with van der Waals surface area (Å²) in [5.74, 6) is -0.143. The summed E-state index contributed by atoms with van der Waals surface area (Å²) < 4.78 is 5.12. The summed E-state index contributed by atoms with van der Waals surface area (Å²) in [6.45, 7) is 0.174. The van der Waals surface area contributed by atoms with Gasteiger partial charge < -0.3 is 15.5 Å². The molecule has 0 aliphatic rings. The van der Waals surface area contributed by atoms with Crippen LogP contribution in [0.5, 0.6) is 0 Å². The second kappa shape index (κ2) is 5.12. The number of hydrogen-bond donors (Lipinski definition) is 3. The molecule has 21 heavy (non-hydrogen) atoms. The predicted molar refractivity (Wildman–Crippen MR) is 76.7 cm³/mol. The third-order valence-electron chi connectivity index (χ3n) is 3.08. The highest BCUT2D eigenvalue weighted by Gasteiger charge is 2.14. The number of benzene rings is 1. The van der Waals surface area contributed by atoms with Crippen molar-refractivity contribution < 1.29 is 9.21 Å². The van der Waals surface area contributed by atoms with Crippen LogP contribution in [-0.2, 0) is 6.54 Å². The molecule has 0 aliphatic heterocycles. The SMILES string of the molecule is Nc1[nH]ncc1CNC(=O)c1cc2ccccc2oc1=O. The number of amides is 1. The van der Waals surface area contributed by atoms with Crippen LogP contribution in [0.15, 0.2) is 45.7 Å². The lowest BCUT2D eigenvalue weighted by atomic mass is 10.2. The van der Waals surface area contributed by atoms with E-state index in [1.54, 1.807) is 24.3 Å². The fraction of sp³-hybridized carbons (Fsp3) is 0.0714. The van der Waals surface area contributed by atoms with Gasteiger partial charge >= 0.3 is 5.63 Å². The highest BCUT2D eigenvalue weighted by molar-refractivity contribution is 5.96. The number of nitrogens with two attached hydrogens (primary N) is 1. The molecule has 0 saturated carbocycles. The topological polar surface area (TPSA) is 114 Å². The standard InChI is InChI=1S/C14H12N4O3/c15-12-9(7-17-18-12)6-16-13(19)10-5-8-3-1-2-4-11(8)21-14(10)20/h1-5,7H,6H2,(H,16,19)(H3,15,17,18). The minimum atomic E-state index is -0.675. The van der Waals surface area contributed by atoms with Crippen LogP contribution >= 0.6 is 0 Å². The van der Waals surface area contributed by atoms with E-state index < -0.39 is 11.5 Å². The molecule has 3 aromatic rings. The average Bonchev–Trinajstić information content (AvgIpc) is 2.89. The van der Waals surface area contributed by atoms with Gasteiger partial charge in [0.05, 0.1) is 6.20 Å². The van der Waals surface area contributed by atoms with Gasteiger partial charge in [-0.3, -0.25) is 9.89 Å². The van der Waals surface area contributed by atoms with Crippen LogP contribution in [0, 0.1) is 0 Å². The molecule has 106 valence electrons. The molecular formula is C14H12N4O3. The number of hydrogen-bond acceptors (Lipinski definition) is 5. The number of fused-ring (bicyclic) bond motifs is 1. The number of nitrogen functional groups attached to an aromatic ring is 1. The lowest BCUT2D eigenvalue weighted by Crippen LogP contribution is -2.28. The van der Waals surface area contributed by atoms with Gasteiger partial charge in [-0.2, -0.15) is 5.10 Å². The summed E-state index contributed by atoms with van der Waals surface area (Å²) >= 11 is 0. The fourth-order valence-corrected chi connectivity index (χ4v) is 1.95. The summed E-state index contributed by atoms with van der Waals surface area (Å²) in [5, 5.41) is 9.61. The number of H-pyrrole nitrogens is 1. The van der Waals surface area contributed by atoms with Crippen LogP contribution in [0.3, 0.4) is 0 Å². The zero-order valence-electron chi connectivity index (χ0n) is 10.9. The molecule has 1 amide bonds. The zero-order chi connectivity index (χ0) is 14.8. The molecule has 1 aromatic carbocycles. The molecule has 0 bridgehead atoms. The first kappa shape index (κ1) is 12.9. The Balaban J connectivity index is 1.86. The largest absolute Gasteiger partial charge is 0.422 e. The van der Waals surface area contributed by atoms with E-state index in [0.29, 0.717) is 22.4 Å². The second-order valence-corrected chi connectivity index (χ2v) is 4.48. The maximum atomic E-state index is 12.1. The van der Waals surface area contributed by atoms with E-state index in [2.05, 4.69) is 15.5 Å². The molecule has 2 aromatic heterocycles. The van der Waals surface area contributed by atoms with Crippen LogP contribution in [0.25, 0.3) is 11.0 Å². The number of aromatic amines is 1. The van der Waals surface area contributed by atoms with Crippen molar-refractivity contribution in [3.8, 4) is 0 Å². The Morgan fingerprint density at radius 2 is 2.19 bits per heavy atom. The molecule has 0 aliphatic carbocycles. The fourth-order valence-electron chi connectivity index (χ4n) is 1.95. The number of rotatable bonds is 3. The van der Waals surface area contributed by atoms with Gasteiger partial charge in [-0.1, -0.05) is 18.2 Å². The van der Waals surface area contributed by atoms with E-state index in [4.69, 9.17) is 10.2 Å². The number of carbonyl (C=O) groups is 1. The van der Waals surface area contributed by atoms with Crippen LogP contribution in [0.1, 0.15) is 15.9 Å². The first-order valence-electron chi connectivity index (χ1n) is 6.24. The van der Waals surface area contributed by atoms with Crippen LogP contribution in [0.2, 0.25) is 0 Å². The summed E-state index contributed by atoms with van der Waals surface area (Å²) in [6.07, 6.45) is 1.51. The molecule has 3 rings (SSSR count). The average molecular weight is 284 g/mol. The summed E-state index contributed by atoms with van der Waals surface area (Å²) in [5.41, 5.74) is 5.99. The van der Waals surface area contributed by atoms with Crippen molar-refractivity contribution in [3.63, 3.8) is 0 Å². The smallest absolute Gasteiger partial charge is 0.349 e. The van der Waals surface area contributed by atoms with Gasteiger partial charge in [0.15, 0.2) is 0 Å². The van der Waals surface area contributed by atoms with E-state index in [1.165, 1.54) is 12.3 Å². The quantitative estimate of drug-likeness (QED) is 0.621. The first-order chi connectivity index (χ1) is 10.1. The van der Waals surface area contributed by atoms with Crippen molar-refractivity contribution in [1.29, 1.82) is 0 Å². The van der Waals surface area contributed by atoms with Gasteiger partial charge in [0.2, 0.25) is 0 Å². The number of para-hydroxylation sites is 1. The maximum absolute atomic E-state index is 12.1. The van der Waals surface area contributed by atoms with Gasteiger partial charge in [-0.15, -0.1) is 0 Å².